The second kappa shape index (κ2) is 7.33. The van der Waals surface area contributed by atoms with Gasteiger partial charge < -0.3 is 15.4 Å². The van der Waals surface area contributed by atoms with Crippen molar-refractivity contribution in [3.63, 3.8) is 0 Å². The van der Waals surface area contributed by atoms with Gasteiger partial charge in [0.05, 0.1) is 12.9 Å². The summed E-state index contributed by atoms with van der Waals surface area (Å²) < 4.78 is 5.06. The van der Waals surface area contributed by atoms with E-state index in [1.54, 1.807) is 31.4 Å². The fourth-order valence-electron chi connectivity index (χ4n) is 1.96. The van der Waals surface area contributed by atoms with E-state index in [2.05, 4.69) is 16.0 Å². The highest BCUT2D eigenvalue weighted by Gasteiger charge is 2.23. The Hall–Kier alpha value is -1.73. The molecule has 6 nitrogen and oxygen atoms in total. The second-order valence-corrected chi connectivity index (χ2v) is 5.90. The van der Waals surface area contributed by atoms with Crippen LogP contribution in [-0.4, -0.2) is 36.2 Å². The first kappa shape index (κ1) is 15.7. The van der Waals surface area contributed by atoms with Crippen LogP contribution >= 0.6 is 11.8 Å². The zero-order valence-electron chi connectivity index (χ0n) is 12.0. The molecule has 21 heavy (non-hydrogen) atoms. The molecule has 114 valence electrons. The van der Waals surface area contributed by atoms with Crippen LogP contribution in [0.15, 0.2) is 24.3 Å². The molecular weight excluding hydrogens is 290 g/mol. The zero-order chi connectivity index (χ0) is 15.2. The molecule has 1 aliphatic rings. The Morgan fingerprint density at radius 1 is 1.43 bits per heavy atom. The number of carbonyl (C=O) groups is 2. The lowest BCUT2D eigenvalue weighted by atomic mass is 10.2. The number of hydrogen-bond donors (Lipinski definition) is 3. The van der Waals surface area contributed by atoms with Crippen LogP contribution in [0.4, 0.5) is 5.69 Å². The van der Waals surface area contributed by atoms with Crippen LogP contribution in [-0.2, 0) is 9.59 Å². The summed E-state index contributed by atoms with van der Waals surface area (Å²) in [5.74, 6) is 0.899. The molecule has 1 aromatic carbocycles. The van der Waals surface area contributed by atoms with Gasteiger partial charge in [0.1, 0.15) is 11.2 Å². The fourth-order valence-corrected chi connectivity index (χ4v) is 2.90. The number of benzene rings is 1. The van der Waals surface area contributed by atoms with Gasteiger partial charge in [-0.1, -0.05) is 0 Å². The van der Waals surface area contributed by atoms with Gasteiger partial charge in [-0.15, -0.1) is 11.8 Å². The molecule has 2 amide bonds. The highest BCUT2D eigenvalue weighted by molar-refractivity contribution is 8.00. The van der Waals surface area contributed by atoms with Crippen LogP contribution in [0, 0.1) is 0 Å². The van der Waals surface area contributed by atoms with Crippen molar-refractivity contribution in [3.8, 4) is 5.75 Å². The Morgan fingerprint density at radius 3 is 2.76 bits per heavy atom. The lowest BCUT2D eigenvalue weighted by Gasteiger charge is -2.28. The molecule has 2 unspecified atom stereocenters. The van der Waals surface area contributed by atoms with Crippen molar-refractivity contribution < 1.29 is 14.3 Å². The molecule has 1 heterocycles. The van der Waals surface area contributed by atoms with Gasteiger partial charge in [0.15, 0.2) is 0 Å². The van der Waals surface area contributed by atoms with Crippen LogP contribution in [0.1, 0.15) is 13.3 Å². The number of anilines is 1. The van der Waals surface area contributed by atoms with Crippen molar-refractivity contribution in [3.05, 3.63) is 24.3 Å². The average molecular weight is 309 g/mol. The van der Waals surface area contributed by atoms with E-state index in [-0.39, 0.29) is 29.1 Å². The first-order valence-corrected chi connectivity index (χ1v) is 7.72. The largest absolute Gasteiger partial charge is 0.497 e. The fraction of sp³-hybridized carbons (Fsp3) is 0.429. The minimum atomic E-state index is -0.220. The monoisotopic (exact) mass is 309 g/mol. The summed E-state index contributed by atoms with van der Waals surface area (Å²) in [4.78, 5) is 23.3. The highest BCUT2D eigenvalue weighted by Crippen LogP contribution is 2.16. The maximum atomic E-state index is 11.9. The maximum absolute atomic E-state index is 11.9. The third kappa shape index (κ3) is 4.95. The van der Waals surface area contributed by atoms with Crippen molar-refractivity contribution in [1.82, 2.24) is 10.6 Å². The standard InChI is InChI=1S/C14H19N3O3S/c1-9-7-12(18)17-14(15-9)21-8-13(19)16-10-3-5-11(20-2)6-4-10/h3-6,9,14-15H,7-8H2,1-2H3,(H,16,19)(H,17,18). The summed E-state index contributed by atoms with van der Waals surface area (Å²) in [6, 6.07) is 7.26. The number of methoxy groups -OCH3 is 1. The van der Waals surface area contributed by atoms with E-state index in [9.17, 15) is 9.59 Å². The summed E-state index contributed by atoms with van der Waals surface area (Å²) in [5, 5.41) is 8.81. The molecule has 1 fully saturated rings. The Morgan fingerprint density at radius 2 is 2.14 bits per heavy atom. The molecule has 0 spiro atoms. The third-order valence-electron chi connectivity index (χ3n) is 2.97. The smallest absolute Gasteiger partial charge is 0.234 e. The minimum absolute atomic E-state index is 0.00862. The predicted octanol–water partition coefficient (Wildman–Crippen LogP) is 1.15. The number of rotatable bonds is 5. The van der Waals surface area contributed by atoms with Crippen molar-refractivity contribution in [2.75, 3.05) is 18.2 Å². The zero-order valence-corrected chi connectivity index (χ0v) is 12.8. The number of hydrogen-bond acceptors (Lipinski definition) is 5. The summed E-state index contributed by atoms with van der Waals surface area (Å²) in [7, 11) is 1.59. The van der Waals surface area contributed by atoms with Crippen LogP contribution in [0.5, 0.6) is 5.75 Å². The van der Waals surface area contributed by atoms with Crippen LogP contribution in [0.3, 0.4) is 0 Å². The van der Waals surface area contributed by atoms with Gasteiger partial charge in [-0.2, -0.15) is 0 Å². The quantitative estimate of drug-likeness (QED) is 0.760. The number of ether oxygens (including phenoxy) is 1. The molecule has 0 radical (unpaired) electrons. The number of nitrogens with one attached hydrogen (secondary N) is 3. The second-order valence-electron chi connectivity index (χ2n) is 4.81. The average Bonchev–Trinajstić information content (AvgIpc) is 2.45. The molecule has 0 aromatic heterocycles. The SMILES string of the molecule is COc1ccc(NC(=O)CSC2NC(=O)CC(C)N2)cc1. The molecule has 0 saturated carbocycles. The minimum Gasteiger partial charge on any atom is -0.497 e. The van der Waals surface area contributed by atoms with E-state index in [0.717, 1.165) is 11.4 Å². The van der Waals surface area contributed by atoms with Crippen molar-refractivity contribution in [2.45, 2.75) is 24.9 Å². The van der Waals surface area contributed by atoms with Crippen molar-refractivity contribution >= 4 is 29.3 Å². The van der Waals surface area contributed by atoms with Crippen LogP contribution in [0.2, 0.25) is 0 Å². The topological polar surface area (TPSA) is 79.5 Å². The van der Waals surface area contributed by atoms with E-state index in [4.69, 9.17) is 4.74 Å². The molecular formula is C14H19N3O3S. The maximum Gasteiger partial charge on any atom is 0.234 e. The molecule has 0 bridgehead atoms. The summed E-state index contributed by atoms with van der Waals surface area (Å²) in [5.41, 5.74) is 0.498. The van der Waals surface area contributed by atoms with Gasteiger partial charge in [-0.05, 0) is 31.2 Å². The van der Waals surface area contributed by atoms with E-state index >= 15 is 0 Å². The lowest BCUT2D eigenvalue weighted by molar-refractivity contribution is -0.123. The molecule has 0 aliphatic carbocycles. The summed E-state index contributed by atoms with van der Waals surface area (Å²) in [6.45, 7) is 1.95. The van der Waals surface area contributed by atoms with Gasteiger partial charge in [0.2, 0.25) is 11.8 Å². The van der Waals surface area contributed by atoms with Crippen molar-refractivity contribution in [1.29, 1.82) is 0 Å². The number of thioether (sulfide) groups is 1. The molecule has 2 rings (SSSR count). The molecule has 3 N–H and O–H groups in total. The molecule has 1 aliphatic heterocycles. The number of amides is 2. The van der Waals surface area contributed by atoms with Gasteiger partial charge in [-0.3, -0.25) is 14.9 Å². The van der Waals surface area contributed by atoms with E-state index < -0.39 is 0 Å². The van der Waals surface area contributed by atoms with Gasteiger partial charge in [-0.25, -0.2) is 0 Å². The Balaban J connectivity index is 1.77. The Bertz CT molecular complexity index is 507. The molecule has 2 atom stereocenters. The van der Waals surface area contributed by atoms with Crippen LogP contribution in [0.25, 0.3) is 0 Å². The first-order valence-electron chi connectivity index (χ1n) is 6.68. The van der Waals surface area contributed by atoms with Gasteiger partial charge in [0, 0.05) is 18.2 Å². The molecule has 7 heteroatoms. The number of carbonyl (C=O) groups excluding carboxylic acids is 2. The Kier molecular flexibility index (Phi) is 5.46. The van der Waals surface area contributed by atoms with Gasteiger partial charge in [0.25, 0.3) is 0 Å². The van der Waals surface area contributed by atoms with E-state index in [1.165, 1.54) is 11.8 Å². The lowest BCUT2D eigenvalue weighted by Crippen LogP contribution is -2.53. The van der Waals surface area contributed by atoms with Crippen LogP contribution < -0.4 is 20.7 Å². The van der Waals surface area contributed by atoms with Crippen molar-refractivity contribution in [2.24, 2.45) is 0 Å². The highest BCUT2D eigenvalue weighted by atomic mass is 32.2. The van der Waals surface area contributed by atoms with Gasteiger partial charge >= 0.3 is 0 Å². The summed E-state index contributed by atoms with van der Waals surface area (Å²) >= 11 is 1.36. The molecule has 1 saturated heterocycles. The molecule has 1 aromatic rings. The third-order valence-corrected chi connectivity index (χ3v) is 3.99. The van der Waals surface area contributed by atoms with E-state index in [1.807, 2.05) is 6.92 Å². The van der Waals surface area contributed by atoms with E-state index in [0.29, 0.717) is 6.42 Å². The normalized spacial score (nSPS) is 21.5. The first-order chi connectivity index (χ1) is 10.1. The Labute approximate surface area is 128 Å². The predicted molar refractivity (Wildman–Crippen MR) is 83.2 cm³/mol. The summed E-state index contributed by atoms with van der Waals surface area (Å²) in [6.07, 6.45) is 0.467.